The van der Waals surface area contributed by atoms with Crippen molar-refractivity contribution in [3.05, 3.63) is 71.8 Å². The summed E-state index contributed by atoms with van der Waals surface area (Å²) in [5.74, 6) is 0. The summed E-state index contributed by atoms with van der Waals surface area (Å²) in [6, 6.07) is 19.5. The Labute approximate surface area is 130 Å². The molecule has 0 saturated carbocycles. The Morgan fingerprint density at radius 1 is 0.636 bits per heavy atom. The maximum Gasteiger partial charge on any atom is 0.113 e. The van der Waals surface area contributed by atoms with E-state index in [9.17, 15) is 0 Å². The molecule has 4 nitrogen and oxygen atoms in total. The summed E-state index contributed by atoms with van der Waals surface area (Å²) in [7, 11) is 0. The van der Waals surface area contributed by atoms with Crippen LogP contribution in [0.15, 0.2) is 60.7 Å². The molecule has 4 heteroatoms. The first-order valence-electron chi connectivity index (χ1n) is 7.41. The van der Waals surface area contributed by atoms with Crippen LogP contribution < -0.4 is 0 Å². The number of ether oxygens (including phenoxy) is 2. The molecular weight excluding hydrogens is 280 g/mol. The van der Waals surface area contributed by atoms with Gasteiger partial charge in [0.1, 0.15) is 12.2 Å². The molecule has 0 heterocycles. The SMILES string of the molecule is OCCO[C@@H](c1ccccc1)[C@@H](OCCO)c1ccccc1. The molecule has 0 radical (unpaired) electrons. The Bertz CT molecular complexity index is 466. The van der Waals surface area contributed by atoms with E-state index in [4.69, 9.17) is 19.7 Å². The van der Waals surface area contributed by atoms with Gasteiger partial charge in [-0.05, 0) is 11.1 Å². The Morgan fingerprint density at radius 2 is 1.00 bits per heavy atom. The Morgan fingerprint density at radius 3 is 1.32 bits per heavy atom. The monoisotopic (exact) mass is 302 g/mol. The second kappa shape index (κ2) is 9.33. The van der Waals surface area contributed by atoms with E-state index < -0.39 is 0 Å². The van der Waals surface area contributed by atoms with Gasteiger partial charge < -0.3 is 19.7 Å². The highest BCUT2D eigenvalue weighted by Crippen LogP contribution is 2.35. The molecule has 2 atom stereocenters. The minimum atomic E-state index is -0.345. The Balaban J connectivity index is 2.30. The van der Waals surface area contributed by atoms with Gasteiger partial charge in [0.2, 0.25) is 0 Å². The summed E-state index contributed by atoms with van der Waals surface area (Å²) in [6.07, 6.45) is -0.690. The average Bonchev–Trinajstić information content (AvgIpc) is 2.59. The molecule has 118 valence electrons. The second-order valence-electron chi connectivity index (χ2n) is 4.85. The van der Waals surface area contributed by atoms with Gasteiger partial charge >= 0.3 is 0 Å². The molecule has 0 amide bonds. The van der Waals surface area contributed by atoms with E-state index in [2.05, 4.69) is 0 Å². The minimum absolute atomic E-state index is 0.0508. The zero-order chi connectivity index (χ0) is 15.6. The minimum Gasteiger partial charge on any atom is -0.394 e. The predicted molar refractivity (Wildman–Crippen MR) is 84.4 cm³/mol. The number of rotatable bonds is 9. The summed E-state index contributed by atoms with van der Waals surface area (Å²) < 4.78 is 11.7. The van der Waals surface area contributed by atoms with Gasteiger partial charge in [0.25, 0.3) is 0 Å². The van der Waals surface area contributed by atoms with Gasteiger partial charge in [-0.25, -0.2) is 0 Å². The van der Waals surface area contributed by atoms with Crippen LogP contribution in [-0.2, 0) is 9.47 Å². The predicted octanol–water partition coefficient (Wildman–Crippen LogP) is 2.49. The molecule has 0 unspecified atom stereocenters. The van der Waals surface area contributed by atoms with E-state index in [1.54, 1.807) is 0 Å². The van der Waals surface area contributed by atoms with Crippen LogP contribution >= 0.6 is 0 Å². The van der Waals surface area contributed by atoms with Crippen LogP contribution in [0.4, 0.5) is 0 Å². The summed E-state index contributed by atoms with van der Waals surface area (Å²) >= 11 is 0. The maximum atomic E-state index is 9.08. The highest BCUT2D eigenvalue weighted by Gasteiger charge is 2.26. The summed E-state index contributed by atoms with van der Waals surface area (Å²) in [5, 5.41) is 18.2. The van der Waals surface area contributed by atoms with Crippen LogP contribution in [0.3, 0.4) is 0 Å². The first kappa shape index (κ1) is 16.6. The zero-order valence-electron chi connectivity index (χ0n) is 12.5. The molecule has 0 fully saturated rings. The van der Waals surface area contributed by atoms with Crippen molar-refractivity contribution in [1.82, 2.24) is 0 Å². The van der Waals surface area contributed by atoms with Gasteiger partial charge in [-0.1, -0.05) is 60.7 Å². The molecular formula is C18H22O4. The van der Waals surface area contributed by atoms with Crippen LogP contribution in [0.25, 0.3) is 0 Å². The van der Waals surface area contributed by atoms with Crippen molar-refractivity contribution in [3.8, 4) is 0 Å². The van der Waals surface area contributed by atoms with Gasteiger partial charge in [0.15, 0.2) is 0 Å². The number of aliphatic hydroxyl groups excluding tert-OH is 2. The first-order chi connectivity index (χ1) is 10.9. The van der Waals surface area contributed by atoms with E-state index in [1.165, 1.54) is 0 Å². The van der Waals surface area contributed by atoms with Crippen LogP contribution in [0.2, 0.25) is 0 Å². The van der Waals surface area contributed by atoms with Crippen LogP contribution in [-0.4, -0.2) is 36.6 Å². The fourth-order valence-corrected chi connectivity index (χ4v) is 2.36. The van der Waals surface area contributed by atoms with Crippen molar-refractivity contribution < 1.29 is 19.7 Å². The maximum absolute atomic E-state index is 9.08. The molecule has 0 aliphatic rings. The van der Waals surface area contributed by atoms with Crippen molar-refractivity contribution in [1.29, 1.82) is 0 Å². The average molecular weight is 302 g/mol. The quantitative estimate of drug-likeness (QED) is 0.747. The number of hydrogen-bond acceptors (Lipinski definition) is 4. The third kappa shape index (κ3) is 4.64. The zero-order valence-corrected chi connectivity index (χ0v) is 12.5. The molecule has 22 heavy (non-hydrogen) atoms. The Kier molecular flexibility index (Phi) is 7.06. The molecule has 0 aliphatic heterocycles. The molecule has 0 bridgehead atoms. The van der Waals surface area contributed by atoms with Gasteiger partial charge in [0.05, 0.1) is 26.4 Å². The van der Waals surface area contributed by atoms with Crippen LogP contribution in [0, 0.1) is 0 Å². The van der Waals surface area contributed by atoms with E-state index in [-0.39, 0.29) is 38.6 Å². The normalized spacial score (nSPS) is 13.7. The molecule has 2 N–H and O–H groups in total. The molecule has 2 aromatic carbocycles. The van der Waals surface area contributed by atoms with E-state index >= 15 is 0 Å². The lowest BCUT2D eigenvalue weighted by atomic mass is 9.98. The second-order valence-corrected chi connectivity index (χ2v) is 4.85. The van der Waals surface area contributed by atoms with E-state index in [0.717, 1.165) is 11.1 Å². The largest absolute Gasteiger partial charge is 0.394 e. The van der Waals surface area contributed by atoms with E-state index in [1.807, 2.05) is 60.7 Å². The summed E-state index contributed by atoms with van der Waals surface area (Å²) in [6.45, 7) is 0.354. The number of hydrogen-bond donors (Lipinski definition) is 2. The van der Waals surface area contributed by atoms with Crippen LogP contribution in [0.5, 0.6) is 0 Å². The fourth-order valence-electron chi connectivity index (χ4n) is 2.36. The topological polar surface area (TPSA) is 58.9 Å². The smallest absolute Gasteiger partial charge is 0.113 e. The lowest BCUT2D eigenvalue weighted by Gasteiger charge is -2.28. The standard InChI is InChI=1S/C18H22O4/c19-11-13-21-17(15-7-3-1-4-8-15)18(22-14-12-20)16-9-5-2-6-10-16/h1-10,17-20H,11-14H2/t17-,18-/m0/s1. The van der Waals surface area contributed by atoms with Crippen LogP contribution in [0.1, 0.15) is 23.3 Å². The first-order valence-corrected chi connectivity index (χ1v) is 7.41. The molecule has 0 saturated heterocycles. The lowest BCUT2D eigenvalue weighted by molar-refractivity contribution is -0.0900. The lowest BCUT2D eigenvalue weighted by Crippen LogP contribution is -2.20. The van der Waals surface area contributed by atoms with Crippen molar-refractivity contribution >= 4 is 0 Å². The highest BCUT2D eigenvalue weighted by atomic mass is 16.5. The number of aliphatic hydroxyl groups is 2. The fraction of sp³-hybridized carbons (Fsp3) is 0.333. The molecule has 0 spiro atoms. The van der Waals surface area contributed by atoms with Crippen molar-refractivity contribution in [2.45, 2.75) is 12.2 Å². The third-order valence-electron chi connectivity index (χ3n) is 3.31. The van der Waals surface area contributed by atoms with Crippen molar-refractivity contribution in [3.63, 3.8) is 0 Å². The van der Waals surface area contributed by atoms with Crippen molar-refractivity contribution in [2.75, 3.05) is 26.4 Å². The molecule has 0 aliphatic carbocycles. The van der Waals surface area contributed by atoms with Gasteiger partial charge in [-0.15, -0.1) is 0 Å². The highest BCUT2D eigenvalue weighted by molar-refractivity contribution is 5.25. The summed E-state index contributed by atoms with van der Waals surface area (Å²) in [5.41, 5.74) is 1.95. The number of benzene rings is 2. The third-order valence-corrected chi connectivity index (χ3v) is 3.31. The van der Waals surface area contributed by atoms with Crippen molar-refractivity contribution in [2.24, 2.45) is 0 Å². The Hall–Kier alpha value is -1.72. The van der Waals surface area contributed by atoms with E-state index in [0.29, 0.717) is 0 Å². The van der Waals surface area contributed by atoms with Gasteiger partial charge in [0, 0.05) is 0 Å². The molecule has 2 rings (SSSR count). The van der Waals surface area contributed by atoms with Gasteiger partial charge in [-0.3, -0.25) is 0 Å². The molecule has 0 aromatic heterocycles. The van der Waals surface area contributed by atoms with Gasteiger partial charge in [-0.2, -0.15) is 0 Å². The molecule has 2 aromatic rings. The summed E-state index contributed by atoms with van der Waals surface area (Å²) in [4.78, 5) is 0.